The molecule has 3 aromatic rings. The van der Waals surface area contributed by atoms with Crippen molar-refractivity contribution < 1.29 is 34.6 Å². The topological polar surface area (TPSA) is 35.5 Å². The molecular weight excluding hydrogens is 362 g/mol. The van der Waals surface area contributed by atoms with Gasteiger partial charge in [0.1, 0.15) is 17.2 Å². The van der Waals surface area contributed by atoms with Gasteiger partial charge in [0.2, 0.25) is 0 Å². The summed E-state index contributed by atoms with van der Waals surface area (Å²) in [6, 6.07) is 22.0. The van der Waals surface area contributed by atoms with E-state index < -0.39 is 0 Å². The van der Waals surface area contributed by atoms with Crippen molar-refractivity contribution >= 4 is 31.0 Å². The van der Waals surface area contributed by atoms with Gasteiger partial charge < -0.3 is 10.9 Å². The van der Waals surface area contributed by atoms with Crippen molar-refractivity contribution in [1.29, 1.82) is 0 Å². The Morgan fingerprint density at radius 3 is 2.35 bits per heavy atom. The van der Waals surface area contributed by atoms with E-state index in [4.69, 9.17) is 21.1 Å². The second-order valence-corrected chi connectivity index (χ2v) is 6.86. The summed E-state index contributed by atoms with van der Waals surface area (Å²) < 4.78 is 11.0. The summed E-state index contributed by atoms with van der Waals surface area (Å²) in [5.74, 6) is 1.94. The fourth-order valence-corrected chi connectivity index (χ4v) is 3.56. The molecule has 1 unspecified atom stereocenters. The zero-order valence-electron chi connectivity index (χ0n) is 15.5. The number of hydrogen-bond acceptors (Lipinski definition) is 3. The van der Waals surface area contributed by atoms with Crippen molar-refractivity contribution in [2.75, 3.05) is 7.11 Å². The summed E-state index contributed by atoms with van der Waals surface area (Å²) in [4.78, 5) is 12.6. The normalized spacial score (nSPS) is 10.4. The van der Waals surface area contributed by atoms with Crippen LogP contribution in [-0.4, -0.2) is 12.6 Å². The maximum Gasteiger partial charge on any atom is 1.00 e. The Morgan fingerprint density at radius 1 is 0.962 bits per heavy atom. The number of carbonyl (C=O) groups excluding carboxylic acids is 1. The summed E-state index contributed by atoms with van der Waals surface area (Å²) in [6.45, 7) is 0. The molecule has 0 heterocycles. The van der Waals surface area contributed by atoms with Crippen LogP contribution < -0.4 is 33.6 Å². The smallest absolute Gasteiger partial charge is 1.00 e. The molecule has 3 aromatic carbocycles. The van der Waals surface area contributed by atoms with E-state index >= 15 is 0 Å². The van der Waals surface area contributed by atoms with Crippen LogP contribution in [0.5, 0.6) is 17.2 Å². The first-order valence-electron chi connectivity index (χ1n) is 7.64. The van der Waals surface area contributed by atoms with Crippen LogP contribution in [-0.2, 0) is 0 Å². The summed E-state index contributed by atoms with van der Waals surface area (Å²) in [5, 5.41) is 1.29. The number of benzene rings is 3. The van der Waals surface area contributed by atoms with Gasteiger partial charge in [-0.3, -0.25) is 4.79 Å². The van der Waals surface area contributed by atoms with Gasteiger partial charge in [0.25, 0.3) is 0 Å². The average Bonchev–Trinajstić information content (AvgIpc) is 2.64. The Kier molecular flexibility index (Phi) is 7.76. The van der Waals surface area contributed by atoms with Crippen LogP contribution in [0.4, 0.5) is 0 Å². The molecule has 0 aromatic heterocycles. The fraction of sp³-hybridized carbons (Fsp3) is 0.0500. The molecule has 1 atom stereocenters. The number of rotatable bonds is 6. The summed E-state index contributed by atoms with van der Waals surface area (Å²) in [6.07, 6.45) is 0. The van der Waals surface area contributed by atoms with Crippen LogP contribution >= 0.6 is 20.2 Å². The molecule has 3 nitrogen and oxygen atoms in total. The molecule has 3 rings (SSSR count). The molecule has 0 saturated heterocycles. The molecule has 0 fully saturated rings. The Labute approximate surface area is 173 Å². The third-order valence-electron chi connectivity index (χ3n) is 3.52. The summed E-state index contributed by atoms with van der Waals surface area (Å²) in [5.41, 5.74) is 0.542. The fourth-order valence-electron chi connectivity index (χ4n) is 2.31. The second-order valence-electron chi connectivity index (χ2n) is 5.21. The van der Waals surface area contributed by atoms with Crippen LogP contribution in [0.15, 0.2) is 72.8 Å². The van der Waals surface area contributed by atoms with E-state index in [1.807, 2.05) is 54.6 Å². The zero-order valence-corrected chi connectivity index (χ0v) is 16.3. The first kappa shape index (κ1) is 20.6. The van der Waals surface area contributed by atoms with E-state index in [-0.39, 0.29) is 34.4 Å². The van der Waals surface area contributed by atoms with Crippen molar-refractivity contribution in [2.45, 2.75) is 0 Å². The van der Waals surface area contributed by atoms with Gasteiger partial charge in [-0.2, -0.15) is 0 Å². The molecule has 0 saturated carbocycles. The van der Waals surface area contributed by atoms with Gasteiger partial charge in [-0.05, 0) is 50.3 Å². The Balaban J connectivity index is 0.00000182. The predicted octanol–water partition coefficient (Wildman–Crippen LogP) is 2.40. The second kappa shape index (κ2) is 9.81. The number of para-hydroxylation sites is 2. The molecule has 0 aliphatic carbocycles. The van der Waals surface area contributed by atoms with Crippen LogP contribution in [0, 0.1) is 0 Å². The third-order valence-corrected chi connectivity index (χ3v) is 5.19. The summed E-state index contributed by atoms with van der Waals surface area (Å²) in [7, 11) is 1.47. The number of halogens is 1. The molecule has 0 spiro atoms. The number of carbonyl (C=O) groups is 1. The van der Waals surface area contributed by atoms with Gasteiger partial charge in [0.15, 0.2) is 5.52 Å². The van der Waals surface area contributed by atoms with Crippen LogP contribution in [0.25, 0.3) is 0 Å². The standard InChI is InChI=1S/C20H16ClO3P.Li.H/c1-23-18-10-6-5-9-16(18)20(22)25-19-12-11-15(13-17(19)21)24-14-7-3-2-4-8-14;;/h2-13,25H,1H3;;/q;+1;-1. The van der Waals surface area contributed by atoms with E-state index in [0.29, 0.717) is 22.1 Å². The molecule has 26 heavy (non-hydrogen) atoms. The Hall–Kier alpha value is -1.75. The Bertz CT molecular complexity index is 893. The monoisotopic (exact) mass is 378 g/mol. The van der Waals surface area contributed by atoms with Gasteiger partial charge in [-0.1, -0.05) is 41.9 Å². The van der Waals surface area contributed by atoms with Crippen molar-refractivity contribution in [3.8, 4) is 17.2 Å². The summed E-state index contributed by atoms with van der Waals surface area (Å²) >= 11 is 6.34. The molecule has 6 heteroatoms. The van der Waals surface area contributed by atoms with E-state index in [2.05, 4.69) is 0 Å². The number of methoxy groups -OCH3 is 1. The van der Waals surface area contributed by atoms with Crippen molar-refractivity contribution in [1.82, 2.24) is 0 Å². The van der Waals surface area contributed by atoms with E-state index in [9.17, 15) is 4.79 Å². The van der Waals surface area contributed by atoms with Gasteiger partial charge in [0, 0.05) is 6.07 Å². The van der Waals surface area contributed by atoms with Gasteiger partial charge in [-0.15, -0.1) is 0 Å². The zero-order chi connectivity index (χ0) is 17.6. The molecule has 0 radical (unpaired) electrons. The minimum atomic E-state index is -0.0882. The number of hydrogen-bond donors (Lipinski definition) is 0. The van der Waals surface area contributed by atoms with Crippen LogP contribution in [0.2, 0.25) is 5.02 Å². The van der Waals surface area contributed by atoms with Crippen molar-refractivity contribution in [2.24, 2.45) is 0 Å². The largest absolute Gasteiger partial charge is 1.00 e. The quantitative estimate of drug-likeness (QED) is 0.488. The van der Waals surface area contributed by atoms with E-state index in [1.54, 1.807) is 25.3 Å². The molecule has 128 valence electrons. The van der Waals surface area contributed by atoms with Crippen molar-refractivity contribution in [3.63, 3.8) is 0 Å². The van der Waals surface area contributed by atoms with Gasteiger partial charge in [0.05, 0.1) is 17.7 Å². The van der Waals surface area contributed by atoms with Crippen molar-refractivity contribution in [3.05, 3.63) is 83.4 Å². The average molecular weight is 379 g/mol. The predicted molar refractivity (Wildman–Crippen MR) is 104 cm³/mol. The molecular formula is C20H17ClLiO3P. The Morgan fingerprint density at radius 2 is 1.65 bits per heavy atom. The first-order valence-corrected chi connectivity index (χ1v) is 9.02. The third kappa shape index (κ3) is 5.13. The van der Waals surface area contributed by atoms with E-state index in [1.165, 1.54) is 0 Å². The van der Waals surface area contributed by atoms with E-state index in [0.717, 1.165) is 11.1 Å². The minimum absolute atomic E-state index is 0. The van der Waals surface area contributed by atoms with Gasteiger partial charge in [-0.25, -0.2) is 0 Å². The minimum Gasteiger partial charge on any atom is -1.00 e. The molecule has 0 bridgehead atoms. The number of ether oxygens (including phenoxy) is 2. The first-order chi connectivity index (χ1) is 12.2. The molecule has 0 aliphatic heterocycles. The van der Waals surface area contributed by atoms with Crippen LogP contribution in [0.3, 0.4) is 0 Å². The maximum absolute atomic E-state index is 12.6. The molecule has 0 N–H and O–H groups in total. The van der Waals surface area contributed by atoms with Gasteiger partial charge >= 0.3 is 18.9 Å². The maximum atomic E-state index is 12.6. The SMILES string of the molecule is COc1ccccc1C(=O)Pc1ccc(Oc2ccccc2)cc1Cl.[H-].[Li+]. The molecule has 0 aliphatic rings. The molecule has 0 amide bonds. The van der Waals surface area contributed by atoms with Crippen LogP contribution in [0.1, 0.15) is 11.8 Å².